The van der Waals surface area contributed by atoms with Gasteiger partial charge < -0.3 is 16.4 Å². The van der Waals surface area contributed by atoms with Crippen molar-refractivity contribution in [3.05, 3.63) is 39.9 Å². The van der Waals surface area contributed by atoms with Crippen LogP contribution in [0.25, 0.3) is 0 Å². The third kappa shape index (κ3) is 5.19. The molecule has 1 heterocycles. The van der Waals surface area contributed by atoms with E-state index in [1.807, 2.05) is 6.92 Å². The lowest BCUT2D eigenvalue weighted by Crippen LogP contribution is -2.35. The fraction of sp³-hybridized carbons (Fsp3) is 0.286. The molecule has 1 unspecified atom stereocenters. The highest BCUT2D eigenvalue weighted by molar-refractivity contribution is 7.15. The van der Waals surface area contributed by atoms with Gasteiger partial charge in [-0.2, -0.15) is 0 Å². The maximum absolute atomic E-state index is 12.2. The van der Waals surface area contributed by atoms with Gasteiger partial charge in [-0.05, 0) is 24.1 Å². The quantitative estimate of drug-likeness (QED) is 0.740. The summed E-state index contributed by atoms with van der Waals surface area (Å²) in [5.41, 5.74) is 5.91. The van der Waals surface area contributed by atoms with Gasteiger partial charge in [0.05, 0.1) is 12.5 Å². The molecule has 0 aliphatic heterocycles. The van der Waals surface area contributed by atoms with Gasteiger partial charge in [-0.15, -0.1) is 10.2 Å². The van der Waals surface area contributed by atoms with Crippen molar-refractivity contribution in [3.8, 4) is 0 Å². The van der Waals surface area contributed by atoms with E-state index in [2.05, 4.69) is 20.8 Å². The van der Waals surface area contributed by atoms with Crippen LogP contribution in [0.5, 0.6) is 0 Å². The first kappa shape index (κ1) is 17.2. The van der Waals surface area contributed by atoms with E-state index >= 15 is 0 Å². The summed E-state index contributed by atoms with van der Waals surface area (Å²) in [5, 5.41) is 14.9. The number of amides is 3. The van der Waals surface area contributed by atoms with Crippen LogP contribution in [0.15, 0.2) is 24.3 Å². The number of anilines is 1. The largest absolute Gasteiger partial charge is 0.352 e. The van der Waals surface area contributed by atoms with Crippen molar-refractivity contribution >= 4 is 40.0 Å². The molecule has 0 spiro atoms. The number of carbonyl (C=O) groups is 2. The molecule has 0 bridgehead atoms. The lowest BCUT2D eigenvalue weighted by molar-refractivity contribution is -0.116. The van der Waals surface area contributed by atoms with Crippen molar-refractivity contribution in [1.29, 1.82) is 0 Å². The first-order valence-electron chi connectivity index (χ1n) is 6.91. The third-order valence-corrected chi connectivity index (χ3v) is 4.23. The predicted octanol–water partition coefficient (Wildman–Crippen LogP) is 2.49. The number of aromatic nitrogens is 2. The normalized spacial score (nSPS) is 11.7. The minimum Gasteiger partial charge on any atom is -0.352 e. The molecule has 0 radical (unpaired) electrons. The van der Waals surface area contributed by atoms with Crippen LogP contribution < -0.4 is 16.4 Å². The minimum atomic E-state index is -0.707. The molecule has 23 heavy (non-hydrogen) atoms. The Morgan fingerprint density at radius 3 is 2.57 bits per heavy atom. The molecular formula is C14H16ClN5O2S. The van der Waals surface area contributed by atoms with Crippen molar-refractivity contribution in [3.63, 3.8) is 0 Å². The van der Waals surface area contributed by atoms with Crippen LogP contribution >= 0.6 is 22.9 Å². The van der Waals surface area contributed by atoms with Gasteiger partial charge in [0.15, 0.2) is 0 Å². The van der Waals surface area contributed by atoms with Gasteiger partial charge in [-0.3, -0.25) is 4.79 Å². The summed E-state index contributed by atoms with van der Waals surface area (Å²) in [5.74, 6) is -0.294. The maximum atomic E-state index is 12.2. The average Bonchev–Trinajstić information content (AvgIpc) is 2.94. The van der Waals surface area contributed by atoms with Crippen LogP contribution in [0.3, 0.4) is 0 Å². The monoisotopic (exact) mass is 353 g/mol. The molecule has 0 fully saturated rings. The molecule has 4 N–H and O–H groups in total. The summed E-state index contributed by atoms with van der Waals surface area (Å²) >= 11 is 7.16. The SMILES string of the molecule is CCc1nnc(NC(=O)CC(NC(N)=O)c2ccc(Cl)cc2)s1. The second-order valence-corrected chi connectivity index (χ2v) is 6.22. The first-order valence-corrected chi connectivity index (χ1v) is 8.11. The number of nitrogens with zero attached hydrogens (tertiary/aromatic N) is 2. The standard InChI is InChI=1S/C14H16ClN5O2S/c1-2-12-19-20-14(23-12)18-11(21)7-10(17-13(16)22)8-3-5-9(15)6-4-8/h3-6,10H,2,7H2,1H3,(H3,16,17,22)(H,18,20,21). The number of hydrogen-bond acceptors (Lipinski definition) is 5. The highest BCUT2D eigenvalue weighted by Crippen LogP contribution is 2.21. The number of benzene rings is 1. The molecule has 0 aliphatic rings. The number of aryl methyl sites for hydroxylation is 1. The zero-order valence-corrected chi connectivity index (χ0v) is 13.9. The molecule has 0 aliphatic carbocycles. The van der Waals surface area contributed by atoms with Gasteiger partial charge in [-0.25, -0.2) is 4.79 Å². The predicted molar refractivity (Wildman–Crippen MR) is 89.4 cm³/mol. The number of carbonyl (C=O) groups excluding carboxylic acids is 2. The summed E-state index contributed by atoms with van der Waals surface area (Å²) in [6.45, 7) is 1.96. The summed E-state index contributed by atoms with van der Waals surface area (Å²) in [4.78, 5) is 23.3. The molecule has 0 saturated heterocycles. The molecule has 1 atom stereocenters. The Hall–Kier alpha value is -2.19. The van der Waals surface area contributed by atoms with Crippen LogP contribution in [0.1, 0.15) is 30.0 Å². The molecule has 1 aromatic carbocycles. The Morgan fingerprint density at radius 2 is 2.00 bits per heavy atom. The van der Waals surface area contributed by atoms with Gasteiger partial charge in [0.25, 0.3) is 0 Å². The Morgan fingerprint density at radius 1 is 1.30 bits per heavy atom. The molecule has 9 heteroatoms. The van der Waals surface area contributed by atoms with Crippen LogP contribution in [-0.4, -0.2) is 22.1 Å². The number of hydrogen-bond donors (Lipinski definition) is 3. The maximum Gasteiger partial charge on any atom is 0.312 e. The molecule has 1 aromatic heterocycles. The van der Waals surface area contributed by atoms with Crippen LogP contribution in [-0.2, 0) is 11.2 Å². The zero-order chi connectivity index (χ0) is 16.8. The summed E-state index contributed by atoms with van der Waals surface area (Å²) < 4.78 is 0. The van der Waals surface area contributed by atoms with Gasteiger partial charge >= 0.3 is 6.03 Å². The molecule has 7 nitrogen and oxygen atoms in total. The first-order chi connectivity index (χ1) is 11.0. The Kier molecular flexibility index (Phi) is 5.89. The fourth-order valence-corrected chi connectivity index (χ4v) is 2.74. The van der Waals surface area contributed by atoms with Crippen molar-refractivity contribution in [1.82, 2.24) is 15.5 Å². The highest BCUT2D eigenvalue weighted by Gasteiger charge is 2.18. The minimum absolute atomic E-state index is 0.0195. The van der Waals surface area contributed by atoms with Gasteiger partial charge in [0.2, 0.25) is 11.0 Å². The molecule has 2 rings (SSSR count). The summed E-state index contributed by atoms with van der Waals surface area (Å²) in [6.07, 6.45) is 0.774. The molecule has 3 amide bonds. The molecule has 2 aromatic rings. The molecule has 122 valence electrons. The molecule has 0 saturated carbocycles. The number of rotatable bonds is 6. The Balaban J connectivity index is 2.05. The van der Waals surface area contributed by atoms with Gasteiger partial charge in [0.1, 0.15) is 5.01 Å². The number of nitrogens with one attached hydrogen (secondary N) is 2. The van der Waals surface area contributed by atoms with Crippen LogP contribution in [0, 0.1) is 0 Å². The van der Waals surface area contributed by atoms with E-state index in [1.54, 1.807) is 24.3 Å². The molecular weight excluding hydrogens is 338 g/mol. The lowest BCUT2D eigenvalue weighted by Gasteiger charge is -2.17. The Bertz CT molecular complexity index is 689. The summed E-state index contributed by atoms with van der Waals surface area (Å²) in [6, 6.07) is 5.57. The number of halogens is 1. The second-order valence-electron chi connectivity index (χ2n) is 4.72. The fourth-order valence-electron chi connectivity index (χ4n) is 1.92. The second kappa shape index (κ2) is 7.89. The van der Waals surface area contributed by atoms with Crippen molar-refractivity contribution in [2.75, 3.05) is 5.32 Å². The van der Waals surface area contributed by atoms with E-state index in [-0.39, 0.29) is 12.3 Å². The number of nitrogens with two attached hydrogens (primary N) is 1. The zero-order valence-electron chi connectivity index (χ0n) is 12.4. The summed E-state index contributed by atoms with van der Waals surface area (Å²) in [7, 11) is 0. The van der Waals surface area contributed by atoms with Crippen LogP contribution in [0.2, 0.25) is 5.02 Å². The van der Waals surface area contributed by atoms with Crippen molar-refractivity contribution < 1.29 is 9.59 Å². The van der Waals surface area contributed by atoms with E-state index in [4.69, 9.17) is 17.3 Å². The van der Waals surface area contributed by atoms with Gasteiger partial charge in [-0.1, -0.05) is 42.0 Å². The highest BCUT2D eigenvalue weighted by atomic mass is 35.5. The van der Waals surface area contributed by atoms with E-state index in [1.165, 1.54) is 11.3 Å². The smallest absolute Gasteiger partial charge is 0.312 e. The van der Waals surface area contributed by atoms with E-state index < -0.39 is 12.1 Å². The lowest BCUT2D eigenvalue weighted by atomic mass is 10.0. The van der Waals surface area contributed by atoms with E-state index in [9.17, 15) is 9.59 Å². The van der Waals surface area contributed by atoms with E-state index in [0.717, 1.165) is 17.0 Å². The van der Waals surface area contributed by atoms with Crippen LogP contribution in [0.4, 0.5) is 9.93 Å². The topological polar surface area (TPSA) is 110 Å². The Labute approximate surface area is 142 Å². The number of primary amides is 1. The van der Waals surface area contributed by atoms with Crippen molar-refractivity contribution in [2.24, 2.45) is 5.73 Å². The van der Waals surface area contributed by atoms with E-state index in [0.29, 0.717) is 10.2 Å². The number of urea groups is 1. The van der Waals surface area contributed by atoms with Gasteiger partial charge in [0, 0.05) is 5.02 Å². The van der Waals surface area contributed by atoms with Crippen molar-refractivity contribution in [2.45, 2.75) is 25.8 Å². The third-order valence-electron chi connectivity index (χ3n) is 2.99. The average molecular weight is 354 g/mol.